The van der Waals surface area contributed by atoms with Gasteiger partial charge in [-0.3, -0.25) is 0 Å². The molecule has 50 valence electrons. The Kier molecular flexibility index (Phi) is 4.69. The maximum atomic E-state index is 3.74. The average molecular weight is 124 g/mol. The van der Waals surface area contributed by atoms with E-state index in [9.17, 15) is 0 Å². The van der Waals surface area contributed by atoms with Crippen molar-refractivity contribution in [2.24, 2.45) is 10.2 Å². The number of hydrogen-bond acceptors (Lipinski definition) is 2. The van der Waals surface area contributed by atoms with Crippen molar-refractivity contribution < 1.29 is 0 Å². The van der Waals surface area contributed by atoms with Gasteiger partial charge < -0.3 is 0 Å². The monoisotopic (exact) mass is 124 g/mol. The Hall–Kier alpha value is -0.920. The lowest BCUT2D eigenvalue weighted by atomic mass is 10.3. The van der Waals surface area contributed by atoms with Gasteiger partial charge >= 0.3 is 0 Å². The van der Waals surface area contributed by atoms with Crippen LogP contribution in [0.4, 0.5) is 0 Å². The Bertz CT molecular complexity index is 143. The minimum absolute atomic E-state index is 1.13. The second-order valence-corrected chi connectivity index (χ2v) is 1.65. The van der Waals surface area contributed by atoms with Crippen LogP contribution in [0.1, 0.15) is 20.8 Å². The van der Waals surface area contributed by atoms with Crippen LogP contribution in [0.2, 0.25) is 0 Å². The summed E-state index contributed by atoms with van der Waals surface area (Å²) in [5.74, 6) is 0. The van der Waals surface area contributed by atoms with Crippen LogP contribution in [-0.2, 0) is 0 Å². The van der Waals surface area contributed by atoms with Gasteiger partial charge in [-0.15, -0.1) is 0 Å². The molecule has 0 rings (SSSR count). The molecule has 0 amide bonds. The Morgan fingerprint density at radius 2 is 1.89 bits per heavy atom. The highest BCUT2D eigenvalue weighted by molar-refractivity contribution is 5.77. The van der Waals surface area contributed by atoms with Crippen molar-refractivity contribution >= 4 is 12.4 Å². The largest absolute Gasteiger partial charge is 0.164 e. The molecule has 0 fully saturated rings. The van der Waals surface area contributed by atoms with Crippen LogP contribution in [0.5, 0.6) is 0 Å². The molecule has 9 heavy (non-hydrogen) atoms. The van der Waals surface area contributed by atoms with E-state index >= 15 is 0 Å². The van der Waals surface area contributed by atoms with Gasteiger partial charge in [-0.25, -0.2) is 0 Å². The Morgan fingerprint density at radius 3 is 2.33 bits per heavy atom. The third-order valence-corrected chi connectivity index (χ3v) is 0.899. The van der Waals surface area contributed by atoms with Gasteiger partial charge in [0, 0.05) is 6.21 Å². The summed E-state index contributed by atoms with van der Waals surface area (Å²) < 4.78 is 0. The van der Waals surface area contributed by atoms with Gasteiger partial charge in [-0.05, 0) is 26.3 Å². The molecular formula is C7H12N2. The zero-order valence-corrected chi connectivity index (χ0v) is 6.13. The van der Waals surface area contributed by atoms with Crippen LogP contribution in [0.25, 0.3) is 0 Å². The smallest absolute Gasteiger partial charge is 0.0521 e. The molecule has 0 aliphatic heterocycles. The first kappa shape index (κ1) is 8.08. The van der Waals surface area contributed by atoms with Crippen molar-refractivity contribution in [3.8, 4) is 0 Å². The predicted octanol–water partition coefficient (Wildman–Crippen LogP) is 2.03. The summed E-state index contributed by atoms with van der Waals surface area (Å²) in [4.78, 5) is 0. The number of hydrogen-bond donors (Lipinski definition) is 0. The van der Waals surface area contributed by atoms with Gasteiger partial charge in [0.05, 0.1) is 6.21 Å². The van der Waals surface area contributed by atoms with Gasteiger partial charge in [-0.1, -0.05) is 6.08 Å². The lowest BCUT2D eigenvalue weighted by Gasteiger charge is -1.81. The van der Waals surface area contributed by atoms with Crippen molar-refractivity contribution in [3.05, 3.63) is 11.6 Å². The number of rotatable bonds is 2. The van der Waals surface area contributed by atoms with Gasteiger partial charge in [0.25, 0.3) is 0 Å². The maximum absolute atomic E-state index is 3.74. The van der Waals surface area contributed by atoms with Crippen LogP contribution < -0.4 is 0 Å². The summed E-state index contributed by atoms with van der Waals surface area (Å²) in [6, 6.07) is 0. The Labute approximate surface area is 56.0 Å². The molecule has 0 bridgehead atoms. The third kappa shape index (κ3) is 4.94. The fraction of sp³-hybridized carbons (Fsp3) is 0.429. The van der Waals surface area contributed by atoms with Crippen LogP contribution in [0.15, 0.2) is 21.9 Å². The van der Waals surface area contributed by atoms with Crippen LogP contribution in [0.3, 0.4) is 0 Å². The molecule has 0 N–H and O–H groups in total. The average Bonchev–Trinajstić information content (AvgIpc) is 1.89. The topological polar surface area (TPSA) is 24.7 Å². The van der Waals surface area contributed by atoms with E-state index in [1.165, 1.54) is 0 Å². The SMILES string of the molecule is C\C=N/N=C\C(C)=C/C. The van der Waals surface area contributed by atoms with Crippen molar-refractivity contribution in [3.63, 3.8) is 0 Å². The first-order valence-corrected chi connectivity index (χ1v) is 2.95. The first-order chi connectivity index (χ1) is 4.31. The van der Waals surface area contributed by atoms with E-state index in [-0.39, 0.29) is 0 Å². The standard InChI is InChI=1S/C7H12N2/c1-4-7(3)6-9-8-5-2/h4-6H,1-3H3/b7-4-,8-5-,9-6-. The summed E-state index contributed by atoms with van der Waals surface area (Å²) in [6.07, 6.45) is 5.36. The highest BCUT2D eigenvalue weighted by atomic mass is 15.2. The molecule has 0 aromatic carbocycles. The molecule has 0 aliphatic rings. The van der Waals surface area contributed by atoms with Crippen molar-refractivity contribution in [1.82, 2.24) is 0 Å². The molecule has 0 saturated heterocycles. The highest BCUT2D eigenvalue weighted by Gasteiger charge is 1.73. The summed E-state index contributed by atoms with van der Waals surface area (Å²) in [7, 11) is 0. The zero-order chi connectivity index (χ0) is 7.11. The predicted molar refractivity (Wildman–Crippen MR) is 42.1 cm³/mol. The molecule has 0 aliphatic carbocycles. The van der Waals surface area contributed by atoms with Crippen LogP contribution in [0, 0.1) is 0 Å². The molecule has 0 heterocycles. The molecule has 0 saturated carbocycles. The van der Waals surface area contributed by atoms with Gasteiger partial charge in [0.2, 0.25) is 0 Å². The van der Waals surface area contributed by atoms with Crippen LogP contribution >= 0.6 is 0 Å². The lowest BCUT2D eigenvalue weighted by molar-refractivity contribution is 1.26. The van der Waals surface area contributed by atoms with E-state index in [1.807, 2.05) is 26.8 Å². The van der Waals surface area contributed by atoms with Gasteiger partial charge in [-0.2, -0.15) is 10.2 Å². The Morgan fingerprint density at radius 1 is 1.22 bits per heavy atom. The van der Waals surface area contributed by atoms with Crippen molar-refractivity contribution in [2.45, 2.75) is 20.8 Å². The zero-order valence-electron chi connectivity index (χ0n) is 6.13. The maximum Gasteiger partial charge on any atom is 0.0521 e. The van der Waals surface area contributed by atoms with Gasteiger partial charge in [0.1, 0.15) is 0 Å². The molecule has 2 heteroatoms. The summed E-state index contributed by atoms with van der Waals surface area (Å²) >= 11 is 0. The third-order valence-electron chi connectivity index (χ3n) is 0.899. The molecule has 0 unspecified atom stereocenters. The molecule has 0 aromatic rings. The van der Waals surface area contributed by atoms with E-state index in [2.05, 4.69) is 10.2 Å². The second-order valence-electron chi connectivity index (χ2n) is 1.65. The second kappa shape index (κ2) is 5.22. The fourth-order valence-corrected chi connectivity index (χ4v) is 0.266. The normalized spacial score (nSPS) is 13.9. The number of allylic oxidation sites excluding steroid dienone is 2. The lowest BCUT2D eigenvalue weighted by Crippen LogP contribution is -1.73. The molecule has 0 spiro atoms. The van der Waals surface area contributed by atoms with E-state index < -0.39 is 0 Å². The summed E-state index contributed by atoms with van der Waals surface area (Å²) in [5, 5.41) is 7.40. The van der Waals surface area contributed by atoms with Gasteiger partial charge in [0.15, 0.2) is 0 Å². The van der Waals surface area contributed by atoms with Crippen molar-refractivity contribution in [2.75, 3.05) is 0 Å². The Balaban J connectivity index is 3.71. The summed E-state index contributed by atoms with van der Waals surface area (Å²) in [5.41, 5.74) is 1.13. The summed E-state index contributed by atoms with van der Waals surface area (Å²) in [6.45, 7) is 5.79. The molecule has 0 atom stereocenters. The van der Waals surface area contributed by atoms with E-state index in [0.717, 1.165) is 5.57 Å². The minimum Gasteiger partial charge on any atom is -0.164 e. The fourth-order valence-electron chi connectivity index (χ4n) is 0.266. The molecule has 0 radical (unpaired) electrons. The van der Waals surface area contributed by atoms with Crippen LogP contribution in [-0.4, -0.2) is 12.4 Å². The first-order valence-electron chi connectivity index (χ1n) is 2.95. The van der Waals surface area contributed by atoms with E-state index in [0.29, 0.717) is 0 Å². The van der Waals surface area contributed by atoms with E-state index in [4.69, 9.17) is 0 Å². The minimum atomic E-state index is 1.13. The van der Waals surface area contributed by atoms with Crippen molar-refractivity contribution in [1.29, 1.82) is 0 Å². The molecular weight excluding hydrogens is 112 g/mol. The number of nitrogens with zero attached hydrogens (tertiary/aromatic N) is 2. The van der Waals surface area contributed by atoms with E-state index in [1.54, 1.807) is 12.4 Å². The molecule has 0 aromatic heterocycles. The molecule has 2 nitrogen and oxygen atoms in total. The quantitative estimate of drug-likeness (QED) is 0.397. The highest BCUT2D eigenvalue weighted by Crippen LogP contribution is 1.84.